The highest BCUT2D eigenvalue weighted by molar-refractivity contribution is 5.89. The van der Waals surface area contributed by atoms with Crippen LogP contribution in [0.2, 0.25) is 0 Å². The van der Waals surface area contributed by atoms with Crippen LogP contribution in [0.3, 0.4) is 0 Å². The summed E-state index contributed by atoms with van der Waals surface area (Å²) in [5.41, 5.74) is 0.490. The summed E-state index contributed by atoms with van der Waals surface area (Å²) < 4.78 is 4.64. The average Bonchev–Trinajstić information content (AvgIpc) is 2.67. The molecule has 0 atom stereocenters. The van der Waals surface area contributed by atoms with E-state index in [1.807, 2.05) is 6.07 Å². The van der Waals surface area contributed by atoms with Gasteiger partial charge < -0.3 is 15.0 Å². The number of methoxy groups -OCH3 is 1. The van der Waals surface area contributed by atoms with Gasteiger partial charge in [0.1, 0.15) is 5.82 Å². The zero-order chi connectivity index (χ0) is 12.1. The number of nitrogens with one attached hydrogen (secondary N) is 1. The summed E-state index contributed by atoms with van der Waals surface area (Å²) in [5, 5.41) is 3.34. The monoisotopic (exact) mass is 307 g/mol. The quantitative estimate of drug-likeness (QED) is 0.840. The normalized spacial score (nSPS) is 14.7. The van der Waals surface area contributed by atoms with Crippen molar-refractivity contribution >= 4 is 36.6 Å². The first kappa shape index (κ1) is 18.0. The Morgan fingerprint density at radius 1 is 1.32 bits per heavy atom. The van der Waals surface area contributed by atoms with Gasteiger partial charge in [0.05, 0.1) is 12.7 Å². The SMILES string of the molecule is COC(=O)c1ccc(N2CCCNCC2)nc1.Cl.Cl. The van der Waals surface area contributed by atoms with Crippen LogP contribution in [0.25, 0.3) is 0 Å². The molecule has 2 rings (SSSR count). The van der Waals surface area contributed by atoms with Gasteiger partial charge >= 0.3 is 5.97 Å². The number of anilines is 1. The highest BCUT2D eigenvalue weighted by Gasteiger charge is 2.11. The Labute approximate surface area is 125 Å². The van der Waals surface area contributed by atoms with Gasteiger partial charge in [-0.15, -0.1) is 24.8 Å². The number of pyridine rings is 1. The molecule has 0 spiro atoms. The Morgan fingerprint density at radius 3 is 2.74 bits per heavy atom. The highest BCUT2D eigenvalue weighted by atomic mass is 35.5. The first-order valence-corrected chi connectivity index (χ1v) is 5.81. The van der Waals surface area contributed by atoms with Gasteiger partial charge in [0.15, 0.2) is 0 Å². The summed E-state index contributed by atoms with van der Waals surface area (Å²) in [6.45, 7) is 3.97. The number of nitrogens with zero attached hydrogens (tertiary/aromatic N) is 2. The Bertz CT molecular complexity index is 379. The van der Waals surface area contributed by atoms with Gasteiger partial charge in [0.25, 0.3) is 0 Å². The number of carbonyl (C=O) groups is 1. The van der Waals surface area contributed by atoms with Crippen LogP contribution in [0.1, 0.15) is 16.8 Å². The van der Waals surface area contributed by atoms with Crippen molar-refractivity contribution in [2.45, 2.75) is 6.42 Å². The Kier molecular flexibility index (Phi) is 8.47. The molecule has 7 heteroatoms. The third kappa shape index (κ3) is 4.86. The number of rotatable bonds is 2. The largest absolute Gasteiger partial charge is 0.465 e. The lowest BCUT2D eigenvalue weighted by molar-refractivity contribution is 0.0600. The summed E-state index contributed by atoms with van der Waals surface area (Å²) >= 11 is 0. The van der Waals surface area contributed by atoms with Crippen molar-refractivity contribution in [1.29, 1.82) is 0 Å². The van der Waals surface area contributed by atoms with Crippen molar-refractivity contribution in [3.63, 3.8) is 0 Å². The zero-order valence-electron chi connectivity index (χ0n) is 10.8. The molecule has 2 heterocycles. The van der Waals surface area contributed by atoms with E-state index in [1.165, 1.54) is 7.11 Å². The second-order valence-corrected chi connectivity index (χ2v) is 3.99. The predicted octanol–water partition coefficient (Wildman–Crippen LogP) is 1.51. The van der Waals surface area contributed by atoms with Crippen molar-refractivity contribution in [3.05, 3.63) is 23.9 Å². The molecule has 0 aliphatic carbocycles. The Hall–Kier alpha value is -1.04. The lowest BCUT2D eigenvalue weighted by Crippen LogP contribution is -2.28. The number of halogens is 2. The van der Waals surface area contributed by atoms with E-state index in [0.717, 1.165) is 38.4 Å². The van der Waals surface area contributed by atoms with Crippen LogP contribution >= 0.6 is 24.8 Å². The number of hydrogen-bond donors (Lipinski definition) is 1. The maximum Gasteiger partial charge on any atom is 0.339 e. The molecule has 0 aromatic carbocycles. The van der Waals surface area contributed by atoms with Crippen LogP contribution in [-0.2, 0) is 4.74 Å². The van der Waals surface area contributed by atoms with Crippen LogP contribution in [0.5, 0.6) is 0 Å². The fraction of sp³-hybridized carbons (Fsp3) is 0.500. The van der Waals surface area contributed by atoms with E-state index in [1.54, 1.807) is 12.3 Å². The van der Waals surface area contributed by atoms with E-state index in [0.29, 0.717) is 5.56 Å². The molecule has 0 unspecified atom stereocenters. The fourth-order valence-corrected chi connectivity index (χ4v) is 1.89. The van der Waals surface area contributed by atoms with Gasteiger partial charge in [-0.05, 0) is 25.1 Å². The maximum absolute atomic E-state index is 11.3. The molecule has 5 nitrogen and oxygen atoms in total. The maximum atomic E-state index is 11.3. The summed E-state index contributed by atoms with van der Waals surface area (Å²) in [4.78, 5) is 17.8. The molecule has 0 radical (unpaired) electrons. The number of aromatic nitrogens is 1. The van der Waals surface area contributed by atoms with Gasteiger partial charge in [-0.3, -0.25) is 0 Å². The van der Waals surface area contributed by atoms with Gasteiger partial charge in [-0.25, -0.2) is 9.78 Å². The number of ether oxygens (including phenoxy) is 1. The van der Waals surface area contributed by atoms with Crippen molar-refractivity contribution in [2.75, 3.05) is 38.2 Å². The zero-order valence-corrected chi connectivity index (χ0v) is 12.4. The van der Waals surface area contributed by atoms with E-state index in [4.69, 9.17) is 0 Å². The molecule has 19 heavy (non-hydrogen) atoms. The fourth-order valence-electron chi connectivity index (χ4n) is 1.89. The van der Waals surface area contributed by atoms with Crippen LogP contribution in [0.15, 0.2) is 18.3 Å². The molecule has 108 valence electrons. The van der Waals surface area contributed by atoms with Gasteiger partial charge in [-0.1, -0.05) is 0 Å². The second-order valence-electron chi connectivity index (χ2n) is 3.99. The van der Waals surface area contributed by atoms with E-state index in [2.05, 4.69) is 19.9 Å². The molecular formula is C12H19Cl2N3O2. The first-order valence-electron chi connectivity index (χ1n) is 5.81. The lowest BCUT2D eigenvalue weighted by atomic mass is 10.3. The minimum Gasteiger partial charge on any atom is -0.465 e. The van der Waals surface area contributed by atoms with E-state index in [-0.39, 0.29) is 30.8 Å². The molecule has 1 aromatic heterocycles. The topological polar surface area (TPSA) is 54.5 Å². The van der Waals surface area contributed by atoms with Gasteiger partial charge in [0, 0.05) is 25.8 Å². The molecule has 1 saturated heterocycles. The lowest BCUT2D eigenvalue weighted by Gasteiger charge is -2.20. The summed E-state index contributed by atoms with van der Waals surface area (Å²) in [6.07, 6.45) is 2.68. The van der Waals surface area contributed by atoms with Crippen molar-refractivity contribution in [1.82, 2.24) is 10.3 Å². The third-order valence-corrected chi connectivity index (χ3v) is 2.83. The summed E-state index contributed by atoms with van der Waals surface area (Å²) in [6, 6.07) is 3.63. The molecular weight excluding hydrogens is 289 g/mol. The number of carbonyl (C=O) groups excluding carboxylic acids is 1. The van der Waals surface area contributed by atoms with E-state index in [9.17, 15) is 4.79 Å². The van der Waals surface area contributed by atoms with Crippen LogP contribution in [0.4, 0.5) is 5.82 Å². The molecule has 0 bridgehead atoms. The Balaban J connectivity index is 0.00000162. The predicted molar refractivity (Wildman–Crippen MR) is 79.8 cm³/mol. The standard InChI is InChI=1S/C12H17N3O2.2ClH/c1-17-12(16)10-3-4-11(14-9-10)15-7-2-5-13-6-8-15;;/h3-4,9,13H,2,5-8H2,1H3;2*1H. The molecule has 1 N–H and O–H groups in total. The molecule has 1 aliphatic heterocycles. The van der Waals surface area contributed by atoms with E-state index < -0.39 is 0 Å². The summed E-state index contributed by atoms with van der Waals surface area (Å²) in [5.74, 6) is 0.572. The molecule has 0 amide bonds. The van der Waals surface area contributed by atoms with Crippen LogP contribution in [-0.4, -0.2) is 44.2 Å². The number of hydrogen-bond acceptors (Lipinski definition) is 5. The molecule has 1 aliphatic rings. The van der Waals surface area contributed by atoms with E-state index >= 15 is 0 Å². The first-order chi connectivity index (χ1) is 8.31. The molecule has 1 aromatic rings. The van der Waals surface area contributed by atoms with Crippen molar-refractivity contribution in [3.8, 4) is 0 Å². The summed E-state index contributed by atoms with van der Waals surface area (Å²) in [7, 11) is 1.37. The minimum atomic E-state index is -0.346. The smallest absolute Gasteiger partial charge is 0.339 e. The molecule has 0 saturated carbocycles. The van der Waals surface area contributed by atoms with Crippen LogP contribution < -0.4 is 10.2 Å². The van der Waals surface area contributed by atoms with Gasteiger partial charge in [-0.2, -0.15) is 0 Å². The average molecular weight is 308 g/mol. The van der Waals surface area contributed by atoms with Crippen molar-refractivity contribution < 1.29 is 9.53 Å². The van der Waals surface area contributed by atoms with Gasteiger partial charge in [0.2, 0.25) is 0 Å². The Morgan fingerprint density at radius 2 is 2.11 bits per heavy atom. The second kappa shape index (κ2) is 8.96. The molecule has 1 fully saturated rings. The minimum absolute atomic E-state index is 0. The number of esters is 1. The van der Waals surface area contributed by atoms with Crippen LogP contribution in [0, 0.1) is 0 Å². The third-order valence-electron chi connectivity index (χ3n) is 2.83. The highest BCUT2D eigenvalue weighted by Crippen LogP contribution is 2.12. The van der Waals surface area contributed by atoms with Crippen molar-refractivity contribution in [2.24, 2.45) is 0 Å².